The molecule has 0 fully saturated rings. The van der Waals surface area contributed by atoms with Crippen LogP contribution in [0.2, 0.25) is 18.6 Å². The van der Waals surface area contributed by atoms with Crippen molar-refractivity contribution in [3.05, 3.63) is 0 Å². The van der Waals surface area contributed by atoms with Gasteiger partial charge in [-0.05, 0) is 38.9 Å². The lowest BCUT2D eigenvalue weighted by atomic mass is 10.6. The van der Waals surface area contributed by atoms with E-state index in [9.17, 15) is 0 Å². The zero-order chi connectivity index (χ0) is 12.4. The number of hydrogen-bond acceptors (Lipinski definition) is 4. The molecule has 98 valence electrons. The molecule has 0 aromatic carbocycles. The molecule has 4 nitrogen and oxygen atoms in total. The second-order valence-corrected chi connectivity index (χ2v) is 9.46. The van der Waals surface area contributed by atoms with Crippen molar-refractivity contribution in [2.75, 3.05) is 27.4 Å². The Balaban J connectivity index is 3.83. The maximum absolute atomic E-state index is 5.61. The minimum Gasteiger partial charge on any atom is -0.398 e. The van der Waals surface area contributed by atoms with E-state index in [-0.39, 0.29) is 0 Å². The molecule has 0 atom stereocenters. The third-order valence-electron chi connectivity index (χ3n) is 2.64. The number of hydrogen-bond donors (Lipinski definition) is 0. The molecule has 0 rings (SSSR count). The van der Waals surface area contributed by atoms with Crippen molar-refractivity contribution >= 4 is 17.8 Å². The van der Waals surface area contributed by atoms with Crippen LogP contribution in [0.3, 0.4) is 0 Å². The fourth-order valence-corrected chi connectivity index (χ4v) is 5.00. The van der Waals surface area contributed by atoms with E-state index in [4.69, 9.17) is 17.7 Å². The molecule has 0 spiro atoms. The van der Waals surface area contributed by atoms with Crippen LogP contribution < -0.4 is 0 Å². The van der Waals surface area contributed by atoms with Crippen LogP contribution in [0, 0.1) is 0 Å². The lowest BCUT2D eigenvalue weighted by molar-refractivity contribution is 0.212. The van der Waals surface area contributed by atoms with E-state index in [1.807, 2.05) is 13.8 Å². The predicted octanol–water partition coefficient (Wildman–Crippen LogP) is 2.03. The molecular formula is C10H26O4Si2. The maximum atomic E-state index is 5.61. The van der Waals surface area contributed by atoms with Gasteiger partial charge in [0.25, 0.3) is 0 Å². The van der Waals surface area contributed by atoms with Gasteiger partial charge in [0.05, 0.1) is 0 Å². The zero-order valence-electron chi connectivity index (χ0n) is 11.2. The fourth-order valence-electron chi connectivity index (χ4n) is 1.46. The van der Waals surface area contributed by atoms with Crippen LogP contribution in [0.4, 0.5) is 0 Å². The highest BCUT2D eigenvalue weighted by molar-refractivity contribution is 6.66. The van der Waals surface area contributed by atoms with Gasteiger partial charge >= 0.3 is 17.8 Å². The van der Waals surface area contributed by atoms with Gasteiger partial charge in [0, 0.05) is 27.4 Å². The van der Waals surface area contributed by atoms with Crippen LogP contribution in [0.1, 0.15) is 20.3 Å². The summed E-state index contributed by atoms with van der Waals surface area (Å²) >= 11 is 0. The molecule has 0 aliphatic rings. The van der Waals surface area contributed by atoms with Gasteiger partial charge in [0.15, 0.2) is 0 Å². The summed E-state index contributed by atoms with van der Waals surface area (Å²) < 4.78 is 22.1. The average Bonchev–Trinajstić information content (AvgIpc) is 2.29. The van der Waals surface area contributed by atoms with Gasteiger partial charge in [-0.15, -0.1) is 0 Å². The van der Waals surface area contributed by atoms with E-state index in [1.54, 1.807) is 14.2 Å². The van der Waals surface area contributed by atoms with Crippen molar-refractivity contribution in [2.24, 2.45) is 0 Å². The monoisotopic (exact) mass is 266 g/mol. The molecule has 0 bridgehead atoms. The summed E-state index contributed by atoms with van der Waals surface area (Å²) in [5.41, 5.74) is 0. The zero-order valence-corrected chi connectivity index (χ0v) is 13.4. The lowest BCUT2D eigenvalue weighted by Gasteiger charge is -2.23. The van der Waals surface area contributed by atoms with E-state index >= 15 is 0 Å². The third-order valence-corrected chi connectivity index (χ3v) is 7.92. The van der Waals surface area contributed by atoms with Crippen LogP contribution in [-0.4, -0.2) is 45.3 Å². The standard InChI is InChI=1S/C10H26O4Si2/c1-6-13-15(14-7-2)9-8-10-16(5,11-3)12-4/h15H,6-10H2,1-5H3. The second kappa shape index (κ2) is 9.32. The highest BCUT2D eigenvalue weighted by Gasteiger charge is 2.28. The Morgan fingerprint density at radius 1 is 1.00 bits per heavy atom. The SMILES string of the molecule is CCO[SiH](CCC[Si](C)(OC)OC)OCC. The molecule has 0 unspecified atom stereocenters. The fraction of sp³-hybridized carbons (Fsp3) is 1.00. The van der Waals surface area contributed by atoms with Crippen molar-refractivity contribution in [2.45, 2.75) is 38.9 Å². The van der Waals surface area contributed by atoms with E-state index in [0.29, 0.717) is 0 Å². The smallest absolute Gasteiger partial charge is 0.334 e. The Morgan fingerprint density at radius 2 is 1.50 bits per heavy atom. The molecule has 0 amide bonds. The summed E-state index contributed by atoms with van der Waals surface area (Å²) in [6, 6.07) is 2.04. The molecule has 0 aromatic rings. The van der Waals surface area contributed by atoms with Crippen molar-refractivity contribution < 1.29 is 17.7 Å². The lowest BCUT2D eigenvalue weighted by Crippen LogP contribution is -2.36. The van der Waals surface area contributed by atoms with E-state index in [0.717, 1.165) is 31.7 Å². The van der Waals surface area contributed by atoms with Gasteiger partial charge < -0.3 is 17.7 Å². The molecule has 6 heteroatoms. The Kier molecular flexibility index (Phi) is 9.48. The Morgan fingerprint density at radius 3 is 1.88 bits per heavy atom. The van der Waals surface area contributed by atoms with Crippen LogP contribution in [0.25, 0.3) is 0 Å². The highest BCUT2D eigenvalue weighted by atomic mass is 28.4. The summed E-state index contributed by atoms with van der Waals surface area (Å²) in [5.74, 6) is 0. The van der Waals surface area contributed by atoms with E-state index in [1.165, 1.54) is 0 Å². The quantitative estimate of drug-likeness (QED) is 0.567. The van der Waals surface area contributed by atoms with Crippen molar-refractivity contribution in [1.29, 1.82) is 0 Å². The van der Waals surface area contributed by atoms with Crippen molar-refractivity contribution in [3.8, 4) is 0 Å². The molecule has 0 radical (unpaired) electrons. The first-order chi connectivity index (χ1) is 7.61. The molecule has 0 aliphatic heterocycles. The van der Waals surface area contributed by atoms with Gasteiger partial charge in [0.1, 0.15) is 0 Å². The first-order valence-corrected chi connectivity index (χ1v) is 10.2. The van der Waals surface area contributed by atoms with E-state index in [2.05, 4.69) is 6.55 Å². The van der Waals surface area contributed by atoms with Gasteiger partial charge in [-0.1, -0.05) is 0 Å². The first kappa shape index (κ1) is 16.3. The second-order valence-electron chi connectivity index (χ2n) is 3.77. The average molecular weight is 266 g/mol. The topological polar surface area (TPSA) is 36.9 Å². The summed E-state index contributed by atoms with van der Waals surface area (Å²) in [7, 11) is 0.130. The summed E-state index contributed by atoms with van der Waals surface area (Å²) in [6.45, 7) is 7.62. The highest BCUT2D eigenvalue weighted by Crippen LogP contribution is 2.16. The normalized spacial score (nSPS) is 12.4. The Bertz CT molecular complexity index is 159. The maximum Gasteiger partial charge on any atom is 0.334 e. The van der Waals surface area contributed by atoms with Gasteiger partial charge in [-0.2, -0.15) is 0 Å². The van der Waals surface area contributed by atoms with Crippen LogP contribution >= 0.6 is 0 Å². The Labute approximate surface area is 102 Å². The summed E-state index contributed by atoms with van der Waals surface area (Å²) in [4.78, 5) is 0. The number of rotatable bonds is 10. The van der Waals surface area contributed by atoms with Crippen LogP contribution in [-0.2, 0) is 17.7 Å². The molecule has 0 aliphatic carbocycles. The van der Waals surface area contributed by atoms with E-state index < -0.39 is 17.8 Å². The molecule has 0 saturated carbocycles. The van der Waals surface area contributed by atoms with Crippen molar-refractivity contribution in [3.63, 3.8) is 0 Å². The van der Waals surface area contributed by atoms with Gasteiger partial charge in [0.2, 0.25) is 0 Å². The molecule has 0 aromatic heterocycles. The first-order valence-electron chi connectivity index (χ1n) is 5.95. The summed E-state index contributed by atoms with van der Waals surface area (Å²) in [6.07, 6.45) is 1.07. The molecule has 16 heavy (non-hydrogen) atoms. The third kappa shape index (κ3) is 6.77. The molecule has 0 saturated heterocycles. The van der Waals surface area contributed by atoms with Gasteiger partial charge in [-0.3, -0.25) is 0 Å². The summed E-state index contributed by atoms with van der Waals surface area (Å²) in [5, 5.41) is 0. The van der Waals surface area contributed by atoms with Crippen molar-refractivity contribution in [1.82, 2.24) is 0 Å². The van der Waals surface area contributed by atoms with Crippen LogP contribution in [0.5, 0.6) is 0 Å². The molecule has 0 N–H and O–H groups in total. The predicted molar refractivity (Wildman–Crippen MR) is 70.3 cm³/mol. The Hall–Kier alpha value is 0.274. The molecule has 0 heterocycles. The molecular weight excluding hydrogens is 240 g/mol. The van der Waals surface area contributed by atoms with Crippen LogP contribution in [0.15, 0.2) is 0 Å². The minimum absolute atomic E-state index is 0.750. The largest absolute Gasteiger partial charge is 0.398 e. The minimum atomic E-state index is -1.90. The van der Waals surface area contributed by atoms with Gasteiger partial charge in [-0.25, -0.2) is 0 Å².